The zero-order chi connectivity index (χ0) is 14.4. The van der Waals surface area contributed by atoms with Crippen molar-refractivity contribution in [1.82, 2.24) is 5.32 Å². The molecule has 0 heterocycles. The van der Waals surface area contributed by atoms with Crippen LogP contribution in [0.5, 0.6) is 5.75 Å². The van der Waals surface area contributed by atoms with E-state index < -0.39 is 6.61 Å². The highest BCUT2D eigenvalue weighted by atomic mass is 19.3. The summed E-state index contributed by atoms with van der Waals surface area (Å²) in [4.78, 5) is 11.7. The molecule has 106 valence electrons. The first-order valence-electron chi connectivity index (χ1n) is 5.97. The second kappa shape index (κ2) is 7.04. The summed E-state index contributed by atoms with van der Waals surface area (Å²) >= 11 is 0. The first-order valence-corrected chi connectivity index (χ1v) is 5.97. The van der Waals surface area contributed by atoms with Crippen LogP contribution in [0.3, 0.4) is 0 Å². The zero-order valence-corrected chi connectivity index (χ0v) is 10.9. The van der Waals surface area contributed by atoms with E-state index in [1.54, 1.807) is 32.0 Å². The van der Waals surface area contributed by atoms with Crippen LogP contribution in [-0.2, 0) is 11.3 Å². The fourth-order valence-electron chi connectivity index (χ4n) is 1.44. The molecule has 0 aromatic heterocycles. The van der Waals surface area contributed by atoms with E-state index >= 15 is 0 Å². The molecule has 0 saturated heterocycles. The van der Waals surface area contributed by atoms with Crippen LogP contribution in [-0.4, -0.2) is 18.6 Å². The predicted molar refractivity (Wildman–Crippen MR) is 67.7 cm³/mol. The van der Waals surface area contributed by atoms with Gasteiger partial charge in [0.1, 0.15) is 5.75 Å². The third-order valence-corrected chi connectivity index (χ3v) is 2.84. The molecule has 0 saturated carbocycles. The molecular weight excluding hydrogens is 254 g/mol. The van der Waals surface area contributed by atoms with Gasteiger partial charge in [0, 0.05) is 24.1 Å². The molecule has 1 rings (SSSR count). The molecule has 0 aliphatic carbocycles. The standard InChI is InChI=1S/C13H18F2N2O2/c1-8(9(2)16)12(18)17-7-10-5-3-4-6-11(10)19-13(14)15/h3-6,8-9,13H,7,16H2,1-2H3,(H,17,18). The van der Waals surface area contributed by atoms with Crippen molar-refractivity contribution in [3.8, 4) is 5.75 Å². The number of hydrogen-bond donors (Lipinski definition) is 2. The summed E-state index contributed by atoms with van der Waals surface area (Å²) in [5.74, 6) is -0.503. The summed E-state index contributed by atoms with van der Waals surface area (Å²) in [6.45, 7) is 0.679. The van der Waals surface area contributed by atoms with Crippen molar-refractivity contribution in [2.45, 2.75) is 33.0 Å². The van der Waals surface area contributed by atoms with Gasteiger partial charge < -0.3 is 15.8 Å². The first kappa shape index (κ1) is 15.4. The molecule has 3 N–H and O–H groups in total. The number of carbonyl (C=O) groups is 1. The van der Waals surface area contributed by atoms with E-state index in [9.17, 15) is 13.6 Å². The van der Waals surface area contributed by atoms with E-state index in [1.165, 1.54) is 6.07 Å². The lowest BCUT2D eigenvalue weighted by Crippen LogP contribution is -2.38. The van der Waals surface area contributed by atoms with E-state index in [2.05, 4.69) is 10.1 Å². The number of rotatable bonds is 6. The molecule has 1 aromatic rings. The number of nitrogens with two attached hydrogens (primary N) is 1. The topological polar surface area (TPSA) is 64.4 Å². The molecule has 0 radical (unpaired) electrons. The Morgan fingerprint density at radius 1 is 1.37 bits per heavy atom. The van der Waals surface area contributed by atoms with Gasteiger partial charge in [-0.05, 0) is 13.0 Å². The molecular formula is C13H18F2N2O2. The molecule has 19 heavy (non-hydrogen) atoms. The van der Waals surface area contributed by atoms with Crippen molar-refractivity contribution >= 4 is 5.91 Å². The van der Waals surface area contributed by atoms with Gasteiger partial charge >= 0.3 is 6.61 Å². The Morgan fingerprint density at radius 3 is 2.58 bits per heavy atom. The van der Waals surface area contributed by atoms with E-state index in [0.29, 0.717) is 5.56 Å². The molecule has 4 nitrogen and oxygen atoms in total. The lowest BCUT2D eigenvalue weighted by atomic mass is 10.0. The Morgan fingerprint density at radius 2 is 2.00 bits per heavy atom. The van der Waals surface area contributed by atoms with Gasteiger partial charge in [-0.2, -0.15) is 8.78 Å². The van der Waals surface area contributed by atoms with Gasteiger partial charge in [-0.1, -0.05) is 25.1 Å². The van der Waals surface area contributed by atoms with Crippen molar-refractivity contribution in [3.63, 3.8) is 0 Å². The normalized spacial score (nSPS) is 14.0. The van der Waals surface area contributed by atoms with Crippen molar-refractivity contribution in [1.29, 1.82) is 0 Å². The highest BCUT2D eigenvalue weighted by Crippen LogP contribution is 2.20. The van der Waals surface area contributed by atoms with E-state index in [1.807, 2.05) is 0 Å². The molecule has 2 unspecified atom stereocenters. The van der Waals surface area contributed by atoms with Gasteiger partial charge in [-0.15, -0.1) is 0 Å². The minimum Gasteiger partial charge on any atom is -0.434 e. The van der Waals surface area contributed by atoms with Crippen LogP contribution >= 0.6 is 0 Å². The zero-order valence-electron chi connectivity index (χ0n) is 10.9. The van der Waals surface area contributed by atoms with Crippen LogP contribution in [0.15, 0.2) is 24.3 Å². The highest BCUT2D eigenvalue weighted by Gasteiger charge is 2.17. The number of hydrogen-bond acceptors (Lipinski definition) is 3. The third-order valence-electron chi connectivity index (χ3n) is 2.84. The smallest absolute Gasteiger partial charge is 0.387 e. The Balaban J connectivity index is 2.65. The molecule has 1 amide bonds. The van der Waals surface area contributed by atoms with Crippen molar-refractivity contribution in [3.05, 3.63) is 29.8 Å². The quantitative estimate of drug-likeness (QED) is 0.831. The molecule has 1 aromatic carbocycles. The average Bonchev–Trinajstić information content (AvgIpc) is 2.35. The van der Waals surface area contributed by atoms with Crippen LogP contribution in [0, 0.1) is 5.92 Å². The maximum absolute atomic E-state index is 12.2. The lowest BCUT2D eigenvalue weighted by Gasteiger charge is -2.16. The number of carbonyl (C=O) groups excluding carboxylic acids is 1. The summed E-state index contributed by atoms with van der Waals surface area (Å²) in [6, 6.07) is 6.06. The monoisotopic (exact) mass is 272 g/mol. The SMILES string of the molecule is CC(N)C(C)C(=O)NCc1ccccc1OC(F)F. The average molecular weight is 272 g/mol. The van der Waals surface area contributed by atoms with Gasteiger partial charge in [0.05, 0.1) is 0 Å². The van der Waals surface area contributed by atoms with Crippen molar-refractivity contribution in [2.24, 2.45) is 11.7 Å². The van der Waals surface area contributed by atoms with Crippen molar-refractivity contribution < 1.29 is 18.3 Å². The minimum absolute atomic E-state index is 0.0613. The van der Waals surface area contributed by atoms with Crippen LogP contribution in [0.4, 0.5) is 8.78 Å². The second-order valence-corrected chi connectivity index (χ2v) is 4.35. The Bertz CT molecular complexity index is 425. The largest absolute Gasteiger partial charge is 0.434 e. The minimum atomic E-state index is -2.89. The summed E-state index contributed by atoms with van der Waals surface area (Å²) in [5.41, 5.74) is 6.11. The van der Waals surface area contributed by atoms with Gasteiger partial charge in [-0.25, -0.2) is 0 Å². The summed E-state index contributed by atoms with van der Waals surface area (Å²) in [5, 5.41) is 2.65. The predicted octanol–water partition coefficient (Wildman–Crippen LogP) is 1.89. The highest BCUT2D eigenvalue weighted by molar-refractivity contribution is 5.78. The molecule has 0 aliphatic heterocycles. The molecule has 0 spiro atoms. The number of ether oxygens (including phenoxy) is 1. The molecule has 0 aliphatic rings. The fraction of sp³-hybridized carbons (Fsp3) is 0.462. The second-order valence-electron chi connectivity index (χ2n) is 4.35. The van der Waals surface area contributed by atoms with Gasteiger partial charge in [0.25, 0.3) is 0 Å². The Hall–Kier alpha value is -1.69. The lowest BCUT2D eigenvalue weighted by molar-refractivity contribution is -0.125. The number of para-hydroxylation sites is 1. The molecule has 6 heteroatoms. The number of nitrogens with one attached hydrogen (secondary N) is 1. The van der Waals surface area contributed by atoms with Crippen LogP contribution < -0.4 is 15.8 Å². The summed E-state index contributed by atoms with van der Waals surface area (Å²) in [7, 11) is 0. The van der Waals surface area contributed by atoms with E-state index in [-0.39, 0.29) is 30.2 Å². The summed E-state index contributed by atoms with van der Waals surface area (Å²) in [6.07, 6.45) is 0. The van der Waals surface area contributed by atoms with Gasteiger partial charge in [0.15, 0.2) is 0 Å². The first-order chi connectivity index (χ1) is 8.91. The van der Waals surface area contributed by atoms with E-state index in [0.717, 1.165) is 0 Å². The van der Waals surface area contributed by atoms with Gasteiger partial charge in [0.2, 0.25) is 5.91 Å². The van der Waals surface area contributed by atoms with Crippen molar-refractivity contribution in [2.75, 3.05) is 0 Å². The molecule has 0 fully saturated rings. The molecule has 0 bridgehead atoms. The van der Waals surface area contributed by atoms with Gasteiger partial charge in [-0.3, -0.25) is 4.79 Å². The fourth-order valence-corrected chi connectivity index (χ4v) is 1.44. The van der Waals surface area contributed by atoms with Crippen LogP contribution in [0.2, 0.25) is 0 Å². The number of halogens is 2. The number of amides is 1. The number of alkyl halides is 2. The summed E-state index contributed by atoms with van der Waals surface area (Å²) < 4.78 is 28.8. The third kappa shape index (κ3) is 4.82. The van der Waals surface area contributed by atoms with Crippen LogP contribution in [0.25, 0.3) is 0 Å². The molecule has 2 atom stereocenters. The van der Waals surface area contributed by atoms with Crippen LogP contribution in [0.1, 0.15) is 19.4 Å². The number of benzene rings is 1. The maximum atomic E-state index is 12.2. The van der Waals surface area contributed by atoms with E-state index in [4.69, 9.17) is 5.73 Å². The Kier molecular flexibility index (Phi) is 5.69. The Labute approximate surface area is 110 Å². The maximum Gasteiger partial charge on any atom is 0.387 e.